The lowest BCUT2D eigenvalue weighted by atomic mass is 9.85. The van der Waals surface area contributed by atoms with E-state index in [4.69, 9.17) is 9.73 Å². The number of aliphatic hydroxyl groups is 1. The number of rotatable bonds is 6. The average molecular weight is 311 g/mol. The van der Waals surface area contributed by atoms with E-state index in [1.54, 1.807) is 0 Å². The predicted octanol–water partition coefficient (Wildman–Crippen LogP) is 2.01. The number of nitrogens with one attached hydrogen (secondary N) is 1. The van der Waals surface area contributed by atoms with Crippen LogP contribution in [0.3, 0.4) is 0 Å². The van der Waals surface area contributed by atoms with Crippen molar-refractivity contribution in [2.75, 3.05) is 39.4 Å². The summed E-state index contributed by atoms with van der Waals surface area (Å²) in [5.74, 6) is 1.56. The number of likely N-dealkylation sites (tertiary alicyclic amines) is 1. The molecule has 0 amide bonds. The maximum absolute atomic E-state index is 10.6. The molecule has 2 fully saturated rings. The molecule has 1 aliphatic heterocycles. The highest BCUT2D eigenvalue weighted by Gasteiger charge is 2.30. The summed E-state index contributed by atoms with van der Waals surface area (Å²) in [6, 6.07) is 0. The molecule has 2 N–H and O–H groups in total. The fourth-order valence-corrected chi connectivity index (χ4v) is 3.46. The molecule has 0 radical (unpaired) electrons. The average Bonchev–Trinajstić information content (AvgIpc) is 2.99. The summed E-state index contributed by atoms with van der Waals surface area (Å²) in [5, 5.41) is 14.0. The second kappa shape index (κ2) is 8.73. The Kier molecular flexibility index (Phi) is 6.96. The zero-order chi connectivity index (χ0) is 15.8. The normalized spacial score (nSPS) is 25.5. The molecular weight excluding hydrogens is 278 g/mol. The van der Waals surface area contributed by atoms with Crippen LogP contribution in [-0.2, 0) is 4.74 Å². The molecule has 2 aliphatic rings. The minimum Gasteiger partial charge on any atom is -0.388 e. The fourth-order valence-electron chi connectivity index (χ4n) is 3.46. The highest BCUT2D eigenvalue weighted by atomic mass is 16.5. The van der Waals surface area contributed by atoms with Crippen molar-refractivity contribution in [1.82, 2.24) is 10.2 Å². The van der Waals surface area contributed by atoms with Crippen LogP contribution in [0.1, 0.15) is 52.4 Å². The number of nitrogens with zero attached hydrogens (tertiary/aromatic N) is 2. The van der Waals surface area contributed by atoms with E-state index in [1.165, 1.54) is 6.42 Å². The molecule has 128 valence electrons. The second-order valence-corrected chi connectivity index (χ2v) is 6.72. The van der Waals surface area contributed by atoms with E-state index in [-0.39, 0.29) is 0 Å². The van der Waals surface area contributed by atoms with Crippen LogP contribution >= 0.6 is 0 Å². The molecular formula is C17H33N3O2. The molecule has 0 bridgehead atoms. The Morgan fingerprint density at radius 3 is 2.77 bits per heavy atom. The standard InChI is InChI=1S/C17H33N3O2/c1-3-18-16(19-14-17(21)9-6-5-7-10-17)20-11-8-15(12-20)13-22-4-2/h15,21H,3-14H2,1-2H3,(H,18,19). The van der Waals surface area contributed by atoms with Gasteiger partial charge in [0.2, 0.25) is 0 Å². The van der Waals surface area contributed by atoms with E-state index in [0.29, 0.717) is 12.5 Å². The molecule has 1 atom stereocenters. The second-order valence-electron chi connectivity index (χ2n) is 6.72. The van der Waals surface area contributed by atoms with E-state index in [1.807, 2.05) is 6.92 Å². The zero-order valence-corrected chi connectivity index (χ0v) is 14.3. The van der Waals surface area contributed by atoms with Gasteiger partial charge >= 0.3 is 0 Å². The Labute approximate surface area is 135 Å². The van der Waals surface area contributed by atoms with Crippen molar-refractivity contribution in [2.24, 2.45) is 10.9 Å². The number of guanidine groups is 1. The summed E-state index contributed by atoms with van der Waals surface area (Å²) in [5.41, 5.74) is -0.580. The van der Waals surface area contributed by atoms with Crippen LogP contribution in [0.2, 0.25) is 0 Å². The van der Waals surface area contributed by atoms with Gasteiger partial charge in [-0.2, -0.15) is 0 Å². The van der Waals surface area contributed by atoms with Crippen molar-refractivity contribution in [3.05, 3.63) is 0 Å². The van der Waals surface area contributed by atoms with Crippen molar-refractivity contribution < 1.29 is 9.84 Å². The van der Waals surface area contributed by atoms with Crippen LogP contribution in [0.5, 0.6) is 0 Å². The molecule has 2 rings (SSSR count). The van der Waals surface area contributed by atoms with Crippen molar-refractivity contribution in [1.29, 1.82) is 0 Å². The first-order valence-electron chi connectivity index (χ1n) is 9.00. The van der Waals surface area contributed by atoms with Crippen molar-refractivity contribution in [3.63, 3.8) is 0 Å². The lowest BCUT2D eigenvalue weighted by Gasteiger charge is -2.31. The van der Waals surface area contributed by atoms with Gasteiger partial charge in [-0.05, 0) is 33.1 Å². The Bertz CT molecular complexity index is 354. The monoisotopic (exact) mass is 311 g/mol. The predicted molar refractivity (Wildman–Crippen MR) is 90.2 cm³/mol. The number of aliphatic imine (C=N–C) groups is 1. The van der Waals surface area contributed by atoms with Gasteiger partial charge in [-0.25, -0.2) is 0 Å². The minimum atomic E-state index is -0.580. The van der Waals surface area contributed by atoms with E-state index >= 15 is 0 Å². The van der Waals surface area contributed by atoms with Gasteiger partial charge in [-0.15, -0.1) is 0 Å². The molecule has 0 aromatic rings. The summed E-state index contributed by atoms with van der Waals surface area (Å²) in [7, 11) is 0. The first kappa shape index (κ1) is 17.5. The molecule has 1 saturated heterocycles. The first-order valence-corrected chi connectivity index (χ1v) is 9.00. The lowest BCUT2D eigenvalue weighted by Crippen LogP contribution is -2.42. The molecule has 1 unspecified atom stereocenters. The first-order chi connectivity index (χ1) is 10.7. The van der Waals surface area contributed by atoms with Gasteiger partial charge in [0.1, 0.15) is 0 Å². The molecule has 5 nitrogen and oxygen atoms in total. The van der Waals surface area contributed by atoms with E-state index in [9.17, 15) is 5.11 Å². The number of ether oxygens (including phenoxy) is 1. The van der Waals surface area contributed by atoms with Gasteiger partial charge in [0.25, 0.3) is 0 Å². The highest BCUT2D eigenvalue weighted by Crippen LogP contribution is 2.28. The van der Waals surface area contributed by atoms with Crippen molar-refractivity contribution in [2.45, 2.75) is 58.0 Å². The molecule has 1 saturated carbocycles. The summed E-state index contributed by atoms with van der Waals surface area (Å²) >= 11 is 0. The summed E-state index contributed by atoms with van der Waals surface area (Å²) in [6.07, 6.45) is 6.45. The van der Waals surface area contributed by atoms with Gasteiger partial charge in [0, 0.05) is 32.2 Å². The third kappa shape index (κ3) is 5.13. The molecule has 0 spiro atoms. The fraction of sp³-hybridized carbons (Fsp3) is 0.941. The molecule has 5 heteroatoms. The third-order valence-corrected chi connectivity index (χ3v) is 4.79. The van der Waals surface area contributed by atoms with Gasteiger partial charge in [-0.3, -0.25) is 4.99 Å². The molecule has 1 aliphatic carbocycles. The summed E-state index contributed by atoms with van der Waals surface area (Å²) in [6.45, 7) is 9.20. The van der Waals surface area contributed by atoms with Crippen LogP contribution in [0.25, 0.3) is 0 Å². The van der Waals surface area contributed by atoms with Crippen LogP contribution in [0.4, 0.5) is 0 Å². The Hall–Kier alpha value is -0.810. The van der Waals surface area contributed by atoms with Crippen LogP contribution in [0, 0.1) is 5.92 Å². The minimum absolute atomic E-state index is 0.530. The Balaban J connectivity index is 1.90. The third-order valence-electron chi connectivity index (χ3n) is 4.79. The largest absolute Gasteiger partial charge is 0.388 e. The van der Waals surface area contributed by atoms with Crippen molar-refractivity contribution >= 4 is 5.96 Å². The highest BCUT2D eigenvalue weighted by molar-refractivity contribution is 5.80. The van der Waals surface area contributed by atoms with Gasteiger partial charge in [0.05, 0.1) is 18.8 Å². The number of hydrogen-bond donors (Lipinski definition) is 2. The molecule has 1 heterocycles. The lowest BCUT2D eigenvalue weighted by molar-refractivity contribution is 0.0130. The number of hydrogen-bond acceptors (Lipinski definition) is 3. The van der Waals surface area contributed by atoms with E-state index in [2.05, 4.69) is 17.1 Å². The van der Waals surface area contributed by atoms with Crippen molar-refractivity contribution in [3.8, 4) is 0 Å². The van der Waals surface area contributed by atoms with E-state index < -0.39 is 5.60 Å². The Morgan fingerprint density at radius 2 is 2.09 bits per heavy atom. The quantitative estimate of drug-likeness (QED) is 0.582. The van der Waals surface area contributed by atoms with Crippen LogP contribution in [-0.4, -0.2) is 61.0 Å². The zero-order valence-electron chi connectivity index (χ0n) is 14.3. The molecule has 22 heavy (non-hydrogen) atoms. The smallest absolute Gasteiger partial charge is 0.194 e. The maximum Gasteiger partial charge on any atom is 0.194 e. The topological polar surface area (TPSA) is 57.1 Å². The van der Waals surface area contributed by atoms with Gasteiger partial charge in [0.15, 0.2) is 5.96 Å². The molecule has 0 aromatic carbocycles. The van der Waals surface area contributed by atoms with E-state index in [0.717, 1.165) is 70.9 Å². The Morgan fingerprint density at radius 1 is 1.32 bits per heavy atom. The van der Waals surface area contributed by atoms with Crippen LogP contribution in [0.15, 0.2) is 4.99 Å². The summed E-state index contributed by atoms with van der Waals surface area (Å²) in [4.78, 5) is 7.07. The van der Waals surface area contributed by atoms with Gasteiger partial charge < -0.3 is 20.1 Å². The van der Waals surface area contributed by atoms with Gasteiger partial charge in [-0.1, -0.05) is 19.3 Å². The SMILES string of the molecule is CCNC(=NCC1(O)CCCCC1)N1CCC(COCC)C1. The van der Waals surface area contributed by atoms with Crippen LogP contribution < -0.4 is 5.32 Å². The summed E-state index contributed by atoms with van der Waals surface area (Å²) < 4.78 is 5.55. The maximum atomic E-state index is 10.6. The molecule has 0 aromatic heterocycles.